The summed E-state index contributed by atoms with van der Waals surface area (Å²) in [6.45, 7) is 1.49. The van der Waals surface area contributed by atoms with Gasteiger partial charge in [-0.3, -0.25) is 0 Å². The van der Waals surface area contributed by atoms with Crippen molar-refractivity contribution in [3.05, 3.63) is 15.8 Å². The predicted molar refractivity (Wildman–Crippen MR) is 63.9 cm³/mol. The van der Waals surface area contributed by atoms with E-state index < -0.39 is 18.7 Å². The van der Waals surface area contributed by atoms with Gasteiger partial charge in [-0.15, -0.1) is 11.3 Å². The van der Waals surface area contributed by atoms with Gasteiger partial charge in [-0.2, -0.15) is 0 Å². The molecule has 0 aromatic carbocycles. The van der Waals surface area contributed by atoms with Crippen LogP contribution in [0.3, 0.4) is 0 Å². The van der Waals surface area contributed by atoms with Crippen molar-refractivity contribution in [2.45, 2.75) is 25.9 Å². The van der Waals surface area contributed by atoms with Crippen LogP contribution in [0, 0.1) is 0 Å². The molecule has 0 saturated carbocycles. The van der Waals surface area contributed by atoms with Crippen LogP contribution in [0.5, 0.6) is 5.75 Å². The Morgan fingerprint density at radius 3 is 2.82 bits per heavy atom. The first-order valence-corrected chi connectivity index (χ1v) is 6.17. The first-order valence-electron chi connectivity index (χ1n) is 5.36. The SMILES string of the molecule is CCCc1cc(OCC(O)CO)c(C(=O)O)s1. The standard InChI is InChI=1S/C11H16O5S/c1-2-3-8-4-9(10(17-8)11(14)15)16-6-7(13)5-12/h4,7,12-13H,2-3,5-6H2,1H3,(H,14,15). The highest BCUT2D eigenvalue weighted by molar-refractivity contribution is 7.14. The van der Waals surface area contributed by atoms with Crippen molar-refractivity contribution in [1.82, 2.24) is 0 Å². The van der Waals surface area contributed by atoms with Gasteiger partial charge in [0, 0.05) is 4.88 Å². The fourth-order valence-electron chi connectivity index (χ4n) is 1.29. The van der Waals surface area contributed by atoms with Crippen molar-refractivity contribution in [2.75, 3.05) is 13.2 Å². The summed E-state index contributed by atoms with van der Waals surface area (Å²) in [5, 5.41) is 26.8. The molecule has 6 heteroatoms. The summed E-state index contributed by atoms with van der Waals surface area (Å²) in [4.78, 5) is 12.1. The van der Waals surface area contributed by atoms with Gasteiger partial charge in [0.15, 0.2) is 4.88 Å². The summed E-state index contributed by atoms with van der Waals surface area (Å²) >= 11 is 1.18. The van der Waals surface area contributed by atoms with Crippen LogP contribution in [-0.2, 0) is 6.42 Å². The zero-order valence-corrected chi connectivity index (χ0v) is 10.4. The van der Waals surface area contributed by atoms with E-state index in [1.807, 2.05) is 6.92 Å². The summed E-state index contributed by atoms with van der Waals surface area (Å²) in [6, 6.07) is 1.68. The fourth-order valence-corrected chi connectivity index (χ4v) is 2.33. The van der Waals surface area contributed by atoms with E-state index in [1.54, 1.807) is 6.07 Å². The van der Waals surface area contributed by atoms with E-state index in [4.69, 9.17) is 20.1 Å². The largest absolute Gasteiger partial charge is 0.489 e. The van der Waals surface area contributed by atoms with E-state index in [-0.39, 0.29) is 17.2 Å². The number of carboxylic acid groups (broad SMARTS) is 1. The first kappa shape index (κ1) is 14.0. The molecule has 1 rings (SSSR count). The molecule has 0 bridgehead atoms. The van der Waals surface area contributed by atoms with Crippen LogP contribution in [0.25, 0.3) is 0 Å². The Morgan fingerprint density at radius 1 is 1.59 bits per heavy atom. The number of carbonyl (C=O) groups is 1. The average molecular weight is 260 g/mol. The van der Waals surface area contributed by atoms with Crippen molar-refractivity contribution in [3.8, 4) is 5.75 Å². The maximum Gasteiger partial charge on any atom is 0.349 e. The lowest BCUT2D eigenvalue weighted by Gasteiger charge is -2.08. The van der Waals surface area contributed by atoms with Gasteiger partial charge in [-0.05, 0) is 12.5 Å². The van der Waals surface area contributed by atoms with Crippen molar-refractivity contribution in [1.29, 1.82) is 0 Å². The molecule has 0 radical (unpaired) electrons. The second kappa shape index (κ2) is 6.58. The molecule has 0 aliphatic carbocycles. The molecule has 5 nitrogen and oxygen atoms in total. The normalized spacial score (nSPS) is 12.4. The summed E-state index contributed by atoms with van der Waals surface area (Å²) in [7, 11) is 0. The topological polar surface area (TPSA) is 87.0 Å². The number of aliphatic hydroxyl groups excluding tert-OH is 2. The zero-order chi connectivity index (χ0) is 12.8. The minimum absolute atomic E-state index is 0.112. The Kier molecular flexibility index (Phi) is 5.40. The third-order valence-corrected chi connectivity index (χ3v) is 3.25. The summed E-state index contributed by atoms with van der Waals surface area (Å²) in [5.74, 6) is -0.774. The first-order chi connectivity index (χ1) is 8.08. The van der Waals surface area contributed by atoms with Gasteiger partial charge in [0.05, 0.1) is 6.61 Å². The number of aliphatic hydroxyl groups is 2. The van der Waals surface area contributed by atoms with E-state index in [2.05, 4.69) is 0 Å². The van der Waals surface area contributed by atoms with Gasteiger partial charge < -0.3 is 20.1 Å². The number of carboxylic acids is 1. The lowest BCUT2D eigenvalue weighted by atomic mass is 10.3. The quantitative estimate of drug-likeness (QED) is 0.684. The minimum atomic E-state index is -1.04. The van der Waals surface area contributed by atoms with Crippen LogP contribution in [0.15, 0.2) is 6.07 Å². The highest BCUT2D eigenvalue weighted by atomic mass is 32.1. The monoisotopic (exact) mass is 260 g/mol. The number of ether oxygens (including phenoxy) is 1. The third kappa shape index (κ3) is 3.99. The lowest BCUT2D eigenvalue weighted by Crippen LogP contribution is -2.21. The Hall–Kier alpha value is -1.11. The molecule has 0 aliphatic rings. The van der Waals surface area contributed by atoms with Crippen LogP contribution in [-0.4, -0.2) is 40.6 Å². The molecule has 1 atom stereocenters. The maximum absolute atomic E-state index is 11.0. The minimum Gasteiger partial charge on any atom is -0.489 e. The van der Waals surface area contributed by atoms with Crippen LogP contribution in [0.2, 0.25) is 0 Å². The lowest BCUT2D eigenvalue weighted by molar-refractivity contribution is 0.0522. The van der Waals surface area contributed by atoms with Crippen molar-refractivity contribution in [3.63, 3.8) is 0 Å². The summed E-state index contributed by atoms with van der Waals surface area (Å²) in [6.07, 6.45) is 0.737. The molecule has 0 fully saturated rings. The molecule has 1 heterocycles. The Bertz CT molecular complexity index is 374. The van der Waals surface area contributed by atoms with Crippen LogP contribution >= 0.6 is 11.3 Å². The average Bonchev–Trinajstić information content (AvgIpc) is 2.69. The molecule has 17 heavy (non-hydrogen) atoms. The molecule has 0 amide bonds. The number of hydrogen-bond acceptors (Lipinski definition) is 5. The van der Waals surface area contributed by atoms with Gasteiger partial charge in [0.2, 0.25) is 0 Å². The van der Waals surface area contributed by atoms with Crippen LogP contribution in [0.1, 0.15) is 27.9 Å². The Labute approximate surface area is 103 Å². The fraction of sp³-hybridized carbons (Fsp3) is 0.545. The molecule has 0 spiro atoms. The van der Waals surface area contributed by atoms with Crippen LogP contribution < -0.4 is 4.74 Å². The molecule has 1 aromatic heterocycles. The molecule has 0 saturated heterocycles. The molecular weight excluding hydrogens is 244 g/mol. The Balaban J connectivity index is 2.77. The van der Waals surface area contributed by atoms with Crippen molar-refractivity contribution >= 4 is 17.3 Å². The van der Waals surface area contributed by atoms with Gasteiger partial charge in [-0.25, -0.2) is 4.79 Å². The second-order valence-electron chi connectivity index (χ2n) is 3.61. The number of aryl methyl sites for hydroxylation is 1. The smallest absolute Gasteiger partial charge is 0.349 e. The van der Waals surface area contributed by atoms with E-state index in [9.17, 15) is 4.79 Å². The molecule has 0 aliphatic heterocycles. The Morgan fingerprint density at radius 2 is 2.29 bits per heavy atom. The number of aromatic carboxylic acids is 1. The van der Waals surface area contributed by atoms with E-state index >= 15 is 0 Å². The van der Waals surface area contributed by atoms with E-state index in [0.717, 1.165) is 17.7 Å². The van der Waals surface area contributed by atoms with Gasteiger partial charge >= 0.3 is 5.97 Å². The second-order valence-corrected chi connectivity index (χ2v) is 4.75. The number of hydrogen-bond donors (Lipinski definition) is 3. The molecule has 1 unspecified atom stereocenters. The van der Waals surface area contributed by atoms with Gasteiger partial charge in [-0.1, -0.05) is 13.3 Å². The van der Waals surface area contributed by atoms with Crippen LogP contribution in [0.4, 0.5) is 0 Å². The van der Waals surface area contributed by atoms with Crippen molar-refractivity contribution < 1.29 is 24.9 Å². The van der Waals surface area contributed by atoms with Gasteiger partial charge in [0.25, 0.3) is 0 Å². The number of rotatable bonds is 7. The molecule has 96 valence electrons. The van der Waals surface area contributed by atoms with Gasteiger partial charge in [0.1, 0.15) is 18.5 Å². The maximum atomic E-state index is 11.0. The highest BCUT2D eigenvalue weighted by Gasteiger charge is 2.17. The molecule has 3 N–H and O–H groups in total. The highest BCUT2D eigenvalue weighted by Crippen LogP contribution is 2.30. The zero-order valence-electron chi connectivity index (χ0n) is 9.55. The summed E-state index contributed by atoms with van der Waals surface area (Å²) in [5.41, 5.74) is 0. The summed E-state index contributed by atoms with van der Waals surface area (Å²) < 4.78 is 5.20. The van der Waals surface area contributed by atoms with E-state index in [1.165, 1.54) is 11.3 Å². The predicted octanol–water partition coefficient (Wildman–Crippen LogP) is 1.13. The van der Waals surface area contributed by atoms with Crippen molar-refractivity contribution in [2.24, 2.45) is 0 Å². The third-order valence-electron chi connectivity index (χ3n) is 2.08. The van der Waals surface area contributed by atoms with E-state index in [0.29, 0.717) is 0 Å². The molecular formula is C11H16O5S. The molecule has 1 aromatic rings. The number of thiophene rings is 1.